The van der Waals surface area contributed by atoms with E-state index in [1.54, 1.807) is 19.1 Å². The lowest BCUT2D eigenvalue weighted by atomic mass is 9.85. The Morgan fingerprint density at radius 1 is 1.16 bits per heavy atom. The second kappa shape index (κ2) is 9.78. The highest BCUT2D eigenvalue weighted by atomic mass is 16.8. The van der Waals surface area contributed by atoms with Crippen LogP contribution in [0, 0.1) is 13.8 Å². The minimum Gasteiger partial charge on any atom is -0.434 e. The standard InChI is InChI=1S/C22H30N2O7/c1-6-29-21(26)31-19-18(17-8-7-15(2)13-16(17)3)20(25)24(30-14-27-4)22(19)9-11-23(28-5)12-10-22/h7-8,13H,6,9-12,14H2,1-5H3. The molecule has 1 fully saturated rings. The van der Waals surface area contributed by atoms with Gasteiger partial charge in [-0.2, -0.15) is 5.06 Å². The van der Waals surface area contributed by atoms with Gasteiger partial charge in [0.05, 0.1) is 19.3 Å². The molecule has 2 aliphatic rings. The average molecular weight is 434 g/mol. The van der Waals surface area contributed by atoms with Gasteiger partial charge < -0.3 is 19.0 Å². The molecular weight excluding hydrogens is 404 g/mol. The maximum Gasteiger partial charge on any atom is 0.513 e. The van der Waals surface area contributed by atoms with Gasteiger partial charge in [0.25, 0.3) is 5.91 Å². The van der Waals surface area contributed by atoms with Gasteiger partial charge >= 0.3 is 6.16 Å². The summed E-state index contributed by atoms with van der Waals surface area (Å²) in [7, 11) is 3.08. The molecule has 1 saturated heterocycles. The van der Waals surface area contributed by atoms with E-state index in [0.29, 0.717) is 37.1 Å². The lowest BCUT2D eigenvalue weighted by Crippen LogP contribution is -2.55. The SMILES string of the molecule is CCOC(=O)OC1=C(c2ccc(C)cc2C)C(=O)N(OCOC)C12CCN(OC)CC2. The third-order valence-corrected chi connectivity index (χ3v) is 5.64. The molecule has 2 aliphatic heterocycles. The van der Waals surface area contributed by atoms with Crippen LogP contribution < -0.4 is 0 Å². The lowest BCUT2D eigenvalue weighted by molar-refractivity contribution is -0.260. The molecule has 1 aromatic rings. The molecule has 170 valence electrons. The summed E-state index contributed by atoms with van der Waals surface area (Å²) in [4.78, 5) is 37.1. The van der Waals surface area contributed by atoms with Crippen LogP contribution in [0.25, 0.3) is 5.57 Å². The van der Waals surface area contributed by atoms with E-state index in [1.165, 1.54) is 12.2 Å². The summed E-state index contributed by atoms with van der Waals surface area (Å²) < 4.78 is 15.8. The Kier molecular flexibility index (Phi) is 7.32. The number of ether oxygens (including phenoxy) is 3. The molecule has 0 atom stereocenters. The van der Waals surface area contributed by atoms with Crippen LogP contribution in [-0.4, -0.2) is 68.4 Å². The van der Waals surface area contributed by atoms with Crippen molar-refractivity contribution in [2.75, 3.05) is 40.7 Å². The van der Waals surface area contributed by atoms with E-state index in [2.05, 4.69) is 0 Å². The second-order valence-electron chi connectivity index (χ2n) is 7.59. The largest absolute Gasteiger partial charge is 0.513 e. The number of nitrogens with zero attached hydrogens (tertiary/aromatic N) is 2. The number of hydrogen-bond acceptors (Lipinski definition) is 8. The van der Waals surface area contributed by atoms with E-state index < -0.39 is 11.7 Å². The van der Waals surface area contributed by atoms with Crippen molar-refractivity contribution in [3.05, 3.63) is 40.6 Å². The van der Waals surface area contributed by atoms with Crippen molar-refractivity contribution in [2.24, 2.45) is 0 Å². The number of methoxy groups -OCH3 is 1. The summed E-state index contributed by atoms with van der Waals surface area (Å²) in [6, 6.07) is 5.77. The van der Waals surface area contributed by atoms with Gasteiger partial charge in [0.1, 0.15) is 5.54 Å². The van der Waals surface area contributed by atoms with Crippen LogP contribution in [-0.2, 0) is 28.7 Å². The monoisotopic (exact) mass is 434 g/mol. The van der Waals surface area contributed by atoms with Crippen molar-refractivity contribution in [3.8, 4) is 0 Å². The fraction of sp³-hybridized carbons (Fsp3) is 0.545. The highest BCUT2D eigenvalue weighted by Crippen LogP contribution is 2.47. The molecule has 0 N–H and O–H groups in total. The lowest BCUT2D eigenvalue weighted by Gasteiger charge is -2.43. The normalized spacial score (nSPS) is 18.7. The molecule has 0 aromatic heterocycles. The molecule has 9 nitrogen and oxygen atoms in total. The molecule has 0 saturated carbocycles. The van der Waals surface area contributed by atoms with E-state index in [-0.39, 0.29) is 25.1 Å². The summed E-state index contributed by atoms with van der Waals surface area (Å²) in [6.07, 6.45) is 0.0357. The molecule has 0 aliphatic carbocycles. The fourth-order valence-corrected chi connectivity index (χ4v) is 4.18. The Morgan fingerprint density at radius 3 is 2.45 bits per heavy atom. The Morgan fingerprint density at radius 2 is 1.87 bits per heavy atom. The van der Waals surface area contributed by atoms with Crippen molar-refractivity contribution in [3.63, 3.8) is 0 Å². The van der Waals surface area contributed by atoms with Crippen LogP contribution in [0.2, 0.25) is 0 Å². The molecule has 9 heteroatoms. The highest BCUT2D eigenvalue weighted by molar-refractivity contribution is 6.23. The molecule has 2 heterocycles. The molecule has 0 bridgehead atoms. The van der Waals surface area contributed by atoms with Gasteiger partial charge in [-0.15, -0.1) is 0 Å². The number of amides is 1. The van der Waals surface area contributed by atoms with Gasteiger partial charge in [-0.1, -0.05) is 23.8 Å². The zero-order valence-corrected chi connectivity index (χ0v) is 18.7. The quantitative estimate of drug-likeness (QED) is 0.478. The Hall–Kier alpha value is -2.46. The number of aryl methyl sites for hydroxylation is 2. The first-order valence-electron chi connectivity index (χ1n) is 10.3. The van der Waals surface area contributed by atoms with Crippen LogP contribution in [0.4, 0.5) is 4.79 Å². The van der Waals surface area contributed by atoms with Gasteiger partial charge in [-0.3, -0.25) is 4.79 Å². The summed E-state index contributed by atoms with van der Waals surface area (Å²) in [5, 5.41) is 3.09. The third kappa shape index (κ3) is 4.45. The predicted octanol–water partition coefficient (Wildman–Crippen LogP) is 2.96. The minimum atomic E-state index is -0.982. The molecule has 1 spiro atoms. The minimum absolute atomic E-state index is 0.117. The number of rotatable bonds is 7. The predicted molar refractivity (Wildman–Crippen MR) is 111 cm³/mol. The Labute approximate surface area is 182 Å². The van der Waals surface area contributed by atoms with Crippen molar-refractivity contribution in [2.45, 2.75) is 39.2 Å². The summed E-state index contributed by atoms with van der Waals surface area (Å²) in [6.45, 7) is 6.68. The number of carbonyl (C=O) groups excluding carboxylic acids is 2. The van der Waals surface area contributed by atoms with Gasteiger partial charge in [0, 0.05) is 20.2 Å². The summed E-state index contributed by atoms with van der Waals surface area (Å²) in [5.41, 5.74) is 1.96. The van der Waals surface area contributed by atoms with Gasteiger partial charge in [0.15, 0.2) is 12.6 Å². The van der Waals surface area contributed by atoms with Crippen molar-refractivity contribution in [1.29, 1.82) is 0 Å². The summed E-state index contributed by atoms with van der Waals surface area (Å²) >= 11 is 0. The first-order chi connectivity index (χ1) is 14.9. The van der Waals surface area contributed by atoms with Crippen molar-refractivity contribution in [1.82, 2.24) is 10.1 Å². The van der Waals surface area contributed by atoms with Crippen LogP contribution in [0.5, 0.6) is 0 Å². The van der Waals surface area contributed by atoms with E-state index in [4.69, 9.17) is 23.9 Å². The van der Waals surface area contributed by atoms with E-state index in [9.17, 15) is 9.59 Å². The van der Waals surface area contributed by atoms with Crippen LogP contribution in [0.3, 0.4) is 0 Å². The number of hydrogen-bond donors (Lipinski definition) is 0. The van der Waals surface area contributed by atoms with Gasteiger partial charge in [-0.25, -0.2) is 14.7 Å². The number of hydroxylamine groups is 4. The van der Waals surface area contributed by atoms with Crippen molar-refractivity contribution < 1.29 is 33.5 Å². The average Bonchev–Trinajstić information content (AvgIpc) is 2.95. The first-order valence-corrected chi connectivity index (χ1v) is 10.3. The van der Waals surface area contributed by atoms with Crippen LogP contribution in [0.15, 0.2) is 24.0 Å². The topological polar surface area (TPSA) is 86.8 Å². The molecule has 0 unspecified atom stereocenters. The zero-order chi connectivity index (χ0) is 22.6. The maximum atomic E-state index is 13.6. The molecular formula is C22H30N2O7. The van der Waals surface area contributed by atoms with Gasteiger partial charge in [0.2, 0.25) is 0 Å². The summed E-state index contributed by atoms with van der Waals surface area (Å²) in [5.74, 6) is -0.135. The maximum absolute atomic E-state index is 13.6. The van der Waals surface area contributed by atoms with Gasteiger partial charge in [-0.05, 0) is 44.7 Å². The molecule has 1 amide bonds. The Balaban J connectivity index is 2.15. The highest BCUT2D eigenvalue weighted by Gasteiger charge is 2.57. The van der Waals surface area contributed by atoms with Crippen molar-refractivity contribution >= 4 is 17.6 Å². The van der Waals surface area contributed by atoms with E-state index in [0.717, 1.165) is 11.1 Å². The number of piperidine rings is 1. The first kappa shape index (κ1) is 23.2. The molecule has 0 radical (unpaired) electrons. The molecule has 31 heavy (non-hydrogen) atoms. The van der Waals surface area contributed by atoms with E-state index in [1.807, 2.05) is 32.0 Å². The second-order valence-corrected chi connectivity index (χ2v) is 7.59. The number of carbonyl (C=O) groups is 2. The number of benzene rings is 1. The fourth-order valence-electron chi connectivity index (χ4n) is 4.18. The molecule has 1 aromatic carbocycles. The zero-order valence-electron chi connectivity index (χ0n) is 18.7. The van der Waals surface area contributed by atoms with Crippen LogP contribution >= 0.6 is 0 Å². The molecule has 3 rings (SSSR count). The van der Waals surface area contributed by atoms with E-state index >= 15 is 0 Å². The Bertz CT molecular complexity index is 859. The van der Waals surface area contributed by atoms with Crippen LogP contribution in [0.1, 0.15) is 36.5 Å². The smallest absolute Gasteiger partial charge is 0.434 e. The third-order valence-electron chi connectivity index (χ3n) is 5.64.